The molecule has 2 N–H and O–H groups in total. The minimum absolute atomic E-state index is 0.0946. The van der Waals surface area contributed by atoms with Crippen LogP contribution in [0.4, 0.5) is 0 Å². The molecule has 6 heteroatoms. The van der Waals surface area contributed by atoms with Crippen molar-refractivity contribution < 1.29 is 14.6 Å². The standard InChI is InChI=1S/C12H15ClINO3/c1-3-7(6-16)15-12(17)8-4-9(13)10(14)5-11(8)18-2/h4-5,7,16H,3,6H2,1-2H3,(H,15,17). The van der Waals surface area contributed by atoms with Crippen LogP contribution in [0, 0.1) is 3.57 Å². The van der Waals surface area contributed by atoms with Crippen molar-refractivity contribution in [1.29, 1.82) is 0 Å². The lowest BCUT2D eigenvalue weighted by atomic mass is 10.1. The largest absolute Gasteiger partial charge is 0.496 e. The van der Waals surface area contributed by atoms with Gasteiger partial charge in [-0.15, -0.1) is 0 Å². The summed E-state index contributed by atoms with van der Waals surface area (Å²) >= 11 is 8.07. The highest BCUT2D eigenvalue weighted by atomic mass is 127. The van der Waals surface area contributed by atoms with Gasteiger partial charge in [0, 0.05) is 3.57 Å². The van der Waals surface area contributed by atoms with E-state index in [1.54, 1.807) is 12.1 Å². The van der Waals surface area contributed by atoms with Gasteiger partial charge in [0.15, 0.2) is 0 Å². The number of carbonyl (C=O) groups excluding carboxylic acids is 1. The number of hydrogen-bond acceptors (Lipinski definition) is 3. The fourth-order valence-corrected chi connectivity index (χ4v) is 2.02. The molecule has 1 atom stereocenters. The van der Waals surface area contributed by atoms with Gasteiger partial charge in [-0.3, -0.25) is 4.79 Å². The quantitative estimate of drug-likeness (QED) is 0.768. The Kier molecular flexibility index (Phi) is 6.17. The predicted molar refractivity (Wildman–Crippen MR) is 79.4 cm³/mol. The summed E-state index contributed by atoms with van der Waals surface area (Å²) in [6, 6.07) is 3.01. The third-order valence-corrected chi connectivity index (χ3v) is 4.06. The summed E-state index contributed by atoms with van der Waals surface area (Å²) in [6.07, 6.45) is 0.655. The van der Waals surface area contributed by atoms with E-state index < -0.39 is 0 Å². The molecule has 4 nitrogen and oxygen atoms in total. The molecular formula is C12H15ClINO3. The first-order valence-electron chi connectivity index (χ1n) is 5.48. The molecule has 0 fully saturated rings. The SMILES string of the molecule is CCC(CO)NC(=O)c1cc(Cl)c(I)cc1OC. The Hall–Kier alpha value is -0.530. The van der Waals surface area contributed by atoms with Gasteiger partial charge < -0.3 is 15.2 Å². The lowest BCUT2D eigenvalue weighted by Gasteiger charge is -2.16. The molecule has 1 aromatic carbocycles. The molecule has 0 heterocycles. The first-order valence-corrected chi connectivity index (χ1v) is 6.93. The number of ether oxygens (including phenoxy) is 1. The van der Waals surface area contributed by atoms with Gasteiger partial charge >= 0.3 is 0 Å². The highest BCUT2D eigenvalue weighted by molar-refractivity contribution is 14.1. The van der Waals surface area contributed by atoms with Crippen molar-refractivity contribution in [2.24, 2.45) is 0 Å². The molecule has 0 saturated carbocycles. The molecule has 0 bridgehead atoms. The Morgan fingerprint density at radius 2 is 2.28 bits per heavy atom. The monoisotopic (exact) mass is 383 g/mol. The van der Waals surface area contributed by atoms with Crippen molar-refractivity contribution >= 4 is 40.1 Å². The van der Waals surface area contributed by atoms with Crippen molar-refractivity contribution in [3.63, 3.8) is 0 Å². The first kappa shape index (κ1) is 15.5. The molecule has 1 aromatic rings. The third kappa shape index (κ3) is 3.73. The fraction of sp³-hybridized carbons (Fsp3) is 0.417. The fourth-order valence-electron chi connectivity index (χ4n) is 1.41. The van der Waals surface area contributed by atoms with Gasteiger partial charge in [-0.05, 0) is 41.1 Å². The summed E-state index contributed by atoms with van der Waals surface area (Å²) in [5.41, 5.74) is 0.370. The van der Waals surface area contributed by atoms with Crippen molar-refractivity contribution in [3.8, 4) is 5.75 Å². The number of benzene rings is 1. The van der Waals surface area contributed by atoms with Crippen LogP contribution < -0.4 is 10.1 Å². The Labute approximate surface area is 125 Å². The van der Waals surface area contributed by atoms with Gasteiger partial charge in [0.1, 0.15) is 5.75 Å². The van der Waals surface area contributed by atoms with E-state index in [2.05, 4.69) is 27.9 Å². The summed E-state index contributed by atoms with van der Waals surface area (Å²) in [4.78, 5) is 12.1. The molecule has 0 aliphatic heterocycles. The Balaban J connectivity index is 3.01. The van der Waals surface area contributed by atoms with E-state index in [0.717, 1.165) is 3.57 Å². The number of hydrogen-bond donors (Lipinski definition) is 2. The zero-order valence-electron chi connectivity index (χ0n) is 10.2. The summed E-state index contributed by atoms with van der Waals surface area (Å²) in [5, 5.41) is 12.3. The molecule has 0 aromatic heterocycles. The topological polar surface area (TPSA) is 58.6 Å². The maximum atomic E-state index is 12.1. The first-order chi connectivity index (χ1) is 8.53. The molecule has 1 amide bonds. The molecular weight excluding hydrogens is 368 g/mol. The normalized spacial score (nSPS) is 12.1. The van der Waals surface area contributed by atoms with E-state index in [9.17, 15) is 4.79 Å². The average molecular weight is 384 g/mol. The molecule has 0 radical (unpaired) electrons. The average Bonchev–Trinajstić information content (AvgIpc) is 2.38. The molecule has 0 saturated heterocycles. The van der Waals surface area contributed by atoms with E-state index in [1.807, 2.05) is 6.92 Å². The van der Waals surface area contributed by atoms with Crippen LogP contribution >= 0.6 is 34.2 Å². The second-order valence-electron chi connectivity index (χ2n) is 3.73. The lowest BCUT2D eigenvalue weighted by molar-refractivity contribution is 0.0912. The Bertz CT molecular complexity index is 436. The number of amides is 1. The van der Waals surface area contributed by atoms with E-state index in [0.29, 0.717) is 22.8 Å². The van der Waals surface area contributed by atoms with Gasteiger partial charge in [-0.1, -0.05) is 18.5 Å². The van der Waals surface area contributed by atoms with Crippen LogP contribution in [0.5, 0.6) is 5.75 Å². The summed E-state index contributed by atoms with van der Waals surface area (Å²) < 4.78 is 5.98. The van der Waals surface area contributed by atoms with Crippen LogP contribution in [0.1, 0.15) is 23.7 Å². The predicted octanol–water partition coefficient (Wildman–Crippen LogP) is 2.45. The van der Waals surface area contributed by atoms with Crippen LogP contribution in [-0.4, -0.2) is 30.8 Å². The van der Waals surface area contributed by atoms with Gasteiger partial charge in [-0.25, -0.2) is 0 Å². The molecule has 1 rings (SSSR count). The molecule has 18 heavy (non-hydrogen) atoms. The van der Waals surface area contributed by atoms with Crippen LogP contribution in [0.15, 0.2) is 12.1 Å². The summed E-state index contributed by atoms with van der Waals surface area (Å²) in [5.74, 6) is 0.167. The van der Waals surface area contributed by atoms with E-state index in [1.165, 1.54) is 7.11 Å². The smallest absolute Gasteiger partial charge is 0.255 e. The van der Waals surface area contributed by atoms with Crippen molar-refractivity contribution in [1.82, 2.24) is 5.32 Å². The second-order valence-corrected chi connectivity index (χ2v) is 5.30. The van der Waals surface area contributed by atoms with Crippen LogP contribution in [0.3, 0.4) is 0 Å². The van der Waals surface area contributed by atoms with Crippen LogP contribution in [-0.2, 0) is 0 Å². The minimum atomic E-state index is -0.300. The summed E-state index contributed by atoms with van der Waals surface area (Å²) in [7, 11) is 1.50. The zero-order valence-corrected chi connectivity index (χ0v) is 13.1. The van der Waals surface area contributed by atoms with Crippen LogP contribution in [0.2, 0.25) is 5.02 Å². The van der Waals surface area contributed by atoms with Gasteiger partial charge in [0.2, 0.25) is 0 Å². The number of aliphatic hydroxyl groups is 1. The molecule has 0 aliphatic rings. The third-order valence-electron chi connectivity index (χ3n) is 2.54. The maximum Gasteiger partial charge on any atom is 0.255 e. The number of carbonyl (C=O) groups is 1. The van der Waals surface area contributed by atoms with Crippen LogP contribution in [0.25, 0.3) is 0 Å². The van der Waals surface area contributed by atoms with Gasteiger partial charge in [-0.2, -0.15) is 0 Å². The highest BCUT2D eigenvalue weighted by Gasteiger charge is 2.17. The molecule has 100 valence electrons. The van der Waals surface area contributed by atoms with E-state index >= 15 is 0 Å². The van der Waals surface area contributed by atoms with E-state index in [-0.39, 0.29) is 18.6 Å². The number of methoxy groups -OCH3 is 1. The number of aliphatic hydroxyl groups excluding tert-OH is 1. The van der Waals surface area contributed by atoms with Gasteiger partial charge in [0.25, 0.3) is 5.91 Å². The number of nitrogens with one attached hydrogen (secondary N) is 1. The number of rotatable bonds is 5. The Morgan fingerprint density at radius 3 is 2.78 bits per heavy atom. The Morgan fingerprint density at radius 1 is 1.61 bits per heavy atom. The van der Waals surface area contributed by atoms with Crippen molar-refractivity contribution in [2.45, 2.75) is 19.4 Å². The van der Waals surface area contributed by atoms with Gasteiger partial charge in [0.05, 0.1) is 30.3 Å². The molecule has 0 aliphatic carbocycles. The lowest BCUT2D eigenvalue weighted by Crippen LogP contribution is -2.37. The molecule has 1 unspecified atom stereocenters. The van der Waals surface area contributed by atoms with Crippen molar-refractivity contribution in [3.05, 3.63) is 26.3 Å². The minimum Gasteiger partial charge on any atom is -0.496 e. The highest BCUT2D eigenvalue weighted by Crippen LogP contribution is 2.28. The maximum absolute atomic E-state index is 12.1. The zero-order chi connectivity index (χ0) is 13.7. The second kappa shape index (κ2) is 7.16. The number of halogens is 2. The molecule has 0 spiro atoms. The van der Waals surface area contributed by atoms with E-state index in [4.69, 9.17) is 21.4 Å². The summed E-state index contributed by atoms with van der Waals surface area (Å²) in [6.45, 7) is 1.79. The van der Waals surface area contributed by atoms with Crippen molar-refractivity contribution in [2.75, 3.05) is 13.7 Å².